The molecule has 1 rings (SSSR count). The van der Waals surface area contributed by atoms with Gasteiger partial charge in [-0.05, 0) is 24.1 Å². The second-order valence-electron chi connectivity index (χ2n) is 3.99. The molecule has 0 amide bonds. The molecule has 0 heterocycles. The van der Waals surface area contributed by atoms with Crippen molar-refractivity contribution in [1.29, 1.82) is 0 Å². The van der Waals surface area contributed by atoms with Crippen molar-refractivity contribution in [2.45, 2.75) is 26.2 Å². The van der Waals surface area contributed by atoms with Crippen molar-refractivity contribution in [2.75, 3.05) is 6.54 Å². The van der Waals surface area contributed by atoms with Gasteiger partial charge in [0.15, 0.2) is 0 Å². The predicted molar refractivity (Wildman–Crippen MR) is 62.6 cm³/mol. The largest absolute Gasteiger partial charge is 0.330 e. The van der Waals surface area contributed by atoms with Crippen molar-refractivity contribution in [3.05, 3.63) is 35.6 Å². The molecular formula is C13H18FNO. The smallest absolute Gasteiger partial charge is 0.141 e. The Morgan fingerprint density at radius 3 is 2.50 bits per heavy atom. The first-order valence-corrected chi connectivity index (χ1v) is 5.64. The minimum absolute atomic E-state index is 0.0601. The van der Waals surface area contributed by atoms with E-state index in [2.05, 4.69) is 0 Å². The summed E-state index contributed by atoms with van der Waals surface area (Å²) >= 11 is 0. The van der Waals surface area contributed by atoms with Gasteiger partial charge in [0.25, 0.3) is 0 Å². The van der Waals surface area contributed by atoms with Gasteiger partial charge in [0.05, 0.1) is 0 Å². The Morgan fingerprint density at radius 1 is 1.38 bits per heavy atom. The number of carbonyl (C=O) groups is 1. The molecule has 1 atom stereocenters. The Kier molecular flexibility index (Phi) is 5.12. The highest BCUT2D eigenvalue weighted by Crippen LogP contribution is 2.11. The monoisotopic (exact) mass is 223 g/mol. The molecule has 1 unspecified atom stereocenters. The van der Waals surface area contributed by atoms with E-state index in [9.17, 15) is 9.18 Å². The number of benzene rings is 1. The van der Waals surface area contributed by atoms with E-state index in [4.69, 9.17) is 5.73 Å². The molecule has 0 saturated carbocycles. The fraction of sp³-hybridized carbons (Fsp3) is 0.462. The lowest BCUT2D eigenvalue weighted by Crippen LogP contribution is -2.25. The lowest BCUT2D eigenvalue weighted by Gasteiger charge is -2.12. The maximum Gasteiger partial charge on any atom is 0.141 e. The van der Waals surface area contributed by atoms with E-state index in [1.165, 1.54) is 12.1 Å². The number of rotatable bonds is 6. The molecule has 88 valence electrons. The molecule has 1 aromatic rings. The van der Waals surface area contributed by atoms with E-state index < -0.39 is 0 Å². The molecule has 0 saturated heterocycles. The number of nitrogens with two attached hydrogens (primary N) is 1. The number of carbonyl (C=O) groups excluding carboxylic acids is 1. The highest BCUT2D eigenvalue weighted by molar-refractivity contribution is 5.83. The topological polar surface area (TPSA) is 43.1 Å². The Morgan fingerprint density at radius 2 is 2.00 bits per heavy atom. The molecule has 2 nitrogen and oxygen atoms in total. The second-order valence-corrected chi connectivity index (χ2v) is 3.99. The van der Waals surface area contributed by atoms with Gasteiger partial charge in [-0.1, -0.05) is 25.5 Å². The highest BCUT2D eigenvalue weighted by Gasteiger charge is 2.15. The summed E-state index contributed by atoms with van der Waals surface area (Å²) in [6.07, 6.45) is 2.13. The molecule has 0 bridgehead atoms. The zero-order valence-electron chi connectivity index (χ0n) is 9.58. The third-order valence-corrected chi connectivity index (χ3v) is 2.67. The van der Waals surface area contributed by atoms with E-state index in [0.717, 1.165) is 18.4 Å². The number of hydrogen-bond acceptors (Lipinski definition) is 2. The zero-order valence-corrected chi connectivity index (χ0v) is 9.58. The molecule has 0 fully saturated rings. The van der Waals surface area contributed by atoms with Crippen molar-refractivity contribution in [1.82, 2.24) is 0 Å². The van der Waals surface area contributed by atoms with Crippen molar-refractivity contribution < 1.29 is 9.18 Å². The molecule has 0 aliphatic carbocycles. The molecule has 1 aromatic carbocycles. The van der Waals surface area contributed by atoms with Crippen LogP contribution in [0, 0.1) is 11.7 Å². The molecular weight excluding hydrogens is 205 g/mol. The summed E-state index contributed by atoms with van der Waals surface area (Å²) in [6, 6.07) is 6.04. The van der Waals surface area contributed by atoms with Crippen LogP contribution in [-0.2, 0) is 11.2 Å². The van der Waals surface area contributed by atoms with Gasteiger partial charge in [-0.15, -0.1) is 0 Å². The minimum atomic E-state index is -0.278. The van der Waals surface area contributed by atoms with Gasteiger partial charge in [-0.3, -0.25) is 4.79 Å². The highest BCUT2D eigenvalue weighted by atomic mass is 19.1. The standard InChI is InChI=1S/C13H18FNO/c1-2-3-11(9-15)13(16)8-10-4-6-12(14)7-5-10/h4-7,11H,2-3,8-9,15H2,1H3. The first kappa shape index (κ1) is 12.8. The molecule has 2 N–H and O–H groups in total. The normalized spacial score (nSPS) is 12.4. The van der Waals surface area contributed by atoms with Crippen LogP contribution in [0.4, 0.5) is 4.39 Å². The van der Waals surface area contributed by atoms with Crippen LogP contribution in [-0.4, -0.2) is 12.3 Å². The zero-order chi connectivity index (χ0) is 12.0. The molecule has 0 radical (unpaired) electrons. The Hall–Kier alpha value is -1.22. The fourth-order valence-corrected chi connectivity index (χ4v) is 1.71. The summed E-state index contributed by atoms with van der Waals surface area (Å²) in [5.41, 5.74) is 6.40. The Labute approximate surface area is 95.7 Å². The van der Waals surface area contributed by atoms with Gasteiger partial charge in [0.2, 0.25) is 0 Å². The van der Waals surface area contributed by atoms with E-state index in [0.29, 0.717) is 13.0 Å². The first-order valence-electron chi connectivity index (χ1n) is 5.64. The van der Waals surface area contributed by atoms with Gasteiger partial charge in [0.1, 0.15) is 11.6 Å². The molecule has 0 aromatic heterocycles. The Balaban J connectivity index is 2.59. The first-order chi connectivity index (χ1) is 7.67. The average molecular weight is 223 g/mol. The maximum atomic E-state index is 12.7. The fourth-order valence-electron chi connectivity index (χ4n) is 1.71. The third-order valence-electron chi connectivity index (χ3n) is 2.67. The summed E-state index contributed by atoms with van der Waals surface area (Å²) in [5.74, 6) is -0.189. The SMILES string of the molecule is CCCC(CN)C(=O)Cc1ccc(F)cc1. The van der Waals surface area contributed by atoms with Crippen LogP contribution >= 0.6 is 0 Å². The molecule has 3 heteroatoms. The van der Waals surface area contributed by atoms with Gasteiger partial charge < -0.3 is 5.73 Å². The van der Waals surface area contributed by atoms with Gasteiger partial charge in [0, 0.05) is 18.9 Å². The summed E-state index contributed by atoms with van der Waals surface area (Å²) in [5, 5.41) is 0. The van der Waals surface area contributed by atoms with E-state index in [1.54, 1.807) is 12.1 Å². The van der Waals surface area contributed by atoms with Crippen molar-refractivity contribution in [2.24, 2.45) is 11.7 Å². The number of halogens is 1. The summed E-state index contributed by atoms with van der Waals surface area (Å²) < 4.78 is 12.7. The van der Waals surface area contributed by atoms with Gasteiger partial charge in [-0.25, -0.2) is 4.39 Å². The van der Waals surface area contributed by atoms with Crippen LogP contribution in [0.5, 0.6) is 0 Å². The lowest BCUT2D eigenvalue weighted by atomic mass is 9.94. The molecule has 16 heavy (non-hydrogen) atoms. The van der Waals surface area contributed by atoms with E-state index in [1.807, 2.05) is 6.92 Å². The predicted octanol–water partition coefficient (Wildman–Crippen LogP) is 2.31. The second kappa shape index (κ2) is 6.38. The van der Waals surface area contributed by atoms with Gasteiger partial charge >= 0.3 is 0 Å². The van der Waals surface area contributed by atoms with E-state index in [-0.39, 0.29) is 17.5 Å². The number of Topliss-reactive ketones (excluding diaryl/α,β-unsaturated/α-hetero) is 1. The third kappa shape index (κ3) is 3.74. The quantitative estimate of drug-likeness (QED) is 0.804. The lowest BCUT2D eigenvalue weighted by molar-refractivity contribution is -0.122. The van der Waals surface area contributed by atoms with Gasteiger partial charge in [-0.2, -0.15) is 0 Å². The molecule has 0 spiro atoms. The average Bonchev–Trinajstić information content (AvgIpc) is 2.29. The molecule has 0 aliphatic heterocycles. The van der Waals surface area contributed by atoms with Crippen LogP contribution < -0.4 is 5.73 Å². The van der Waals surface area contributed by atoms with E-state index >= 15 is 0 Å². The Bertz CT molecular complexity index is 334. The number of hydrogen-bond donors (Lipinski definition) is 1. The van der Waals surface area contributed by atoms with Crippen LogP contribution in [0.25, 0.3) is 0 Å². The van der Waals surface area contributed by atoms with Crippen LogP contribution in [0.2, 0.25) is 0 Å². The van der Waals surface area contributed by atoms with Crippen LogP contribution in [0.3, 0.4) is 0 Å². The summed E-state index contributed by atoms with van der Waals surface area (Å²) in [4.78, 5) is 11.8. The van der Waals surface area contributed by atoms with Crippen molar-refractivity contribution in [3.8, 4) is 0 Å². The van der Waals surface area contributed by atoms with Crippen LogP contribution in [0.1, 0.15) is 25.3 Å². The molecule has 0 aliphatic rings. The van der Waals surface area contributed by atoms with Crippen molar-refractivity contribution in [3.63, 3.8) is 0 Å². The summed E-state index contributed by atoms with van der Waals surface area (Å²) in [7, 11) is 0. The van der Waals surface area contributed by atoms with Crippen molar-refractivity contribution >= 4 is 5.78 Å². The maximum absolute atomic E-state index is 12.7. The summed E-state index contributed by atoms with van der Waals surface area (Å²) in [6.45, 7) is 2.43. The minimum Gasteiger partial charge on any atom is -0.330 e. The van der Waals surface area contributed by atoms with Crippen LogP contribution in [0.15, 0.2) is 24.3 Å². The number of ketones is 1.